The predicted octanol–water partition coefficient (Wildman–Crippen LogP) is 10.2. The zero-order valence-electron chi connectivity index (χ0n) is 22.7. The fourth-order valence-electron chi connectivity index (χ4n) is 4.74. The number of fused-ring (bicyclic) bond motifs is 1. The lowest BCUT2D eigenvalue weighted by molar-refractivity contribution is -0.276. The van der Waals surface area contributed by atoms with Gasteiger partial charge in [0.15, 0.2) is 11.6 Å². The first kappa shape index (κ1) is 31.1. The zero-order chi connectivity index (χ0) is 30.4. The van der Waals surface area contributed by atoms with Crippen LogP contribution in [0.3, 0.4) is 0 Å². The van der Waals surface area contributed by atoms with Crippen LogP contribution in [0.5, 0.6) is 11.5 Å². The molecule has 4 aromatic carbocycles. The van der Waals surface area contributed by atoms with Crippen LogP contribution in [0.1, 0.15) is 50.2 Å². The first-order chi connectivity index (χ1) is 20.0. The Bertz CT molecular complexity index is 1500. The molecule has 0 heterocycles. The molecule has 0 N–H and O–H groups in total. The third-order valence-corrected chi connectivity index (χ3v) is 6.81. The molecule has 0 atom stereocenters. The van der Waals surface area contributed by atoms with Gasteiger partial charge in [0.05, 0.1) is 12.2 Å². The van der Waals surface area contributed by atoms with Crippen molar-refractivity contribution in [1.82, 2.24) is 0 Å². The first-order valence-corrected chi connectivity index (χ1v) is 13.5. The van der Waals surface area contributed by atoms with Crippen molar-refractivity contribution < 1.29 is 44.6 Å². The molecule has 224 valence electrons. The van der Waals surface area contributed by atoms with Crippen molar-refractivity contribution in [2.24, 2.45) is 0 Å². The van der Waals surface area contributed by atoms with Crippen molar-refractivity contribution in [2.75, 3.05) is 6.61 Å². The van der Waals surface area contributed by atoms with E-state index >= 15 is 4.39 Å². The summed E-state index contributed by atoms with van der Waals surface area (Å²) in [5.41, 5.74) is 0.103. The average Bonchev–Trinajstić information content (AvgIpc) is 2.91. The van der Waals surface area contributed by atoms with Gasteiger partial charge in [0, 0.05) is 17.5 Å². The minimum absolute atomic E-state index is 0.00393. The van der Waals surface area contributed by atoms with Gasteiger partial charge in [-0.25, -0.2) is 22.0 Å². The molecule has 0 bridgehead atoms. The van der Waals surface area contributed by atoms with Gasteiger partial charge < -0.3 is 9.47 Å². The number of hydrogen-bond acceptors (Lipinski definition) is 2. The Hall–Kier alpha value is -3.82. The van der Waals surface area contributed by atoms with E-state index in [1.807, 2.05) is 0 Å². The SMILES string of the molecule is CCCCCCCOc1cc(F)c(-c2ccc3c(F)c(CCc4cc(F)c(OC(F)(F)F)c(F)c4)ccc3c2)c(F)c1. The smallest absolute Gasteiger partial charge is 0.493 e. The molecule has 0 saturated carbocycles. The molecule has 4 rings (SSSR count). The van der Waals surface area contributed by atoms with Crippen LogP contribution in [0.2, 0.25) is 0 Å². The highest BCUT2D eigenvalue weighted by molar-refractivity contribution is 5.88. The minimum atomic E-state index is -5.26. The lowest BCUT2D eigenvalue weighted by Crippen LogP contribution is -2.19. The second-order valence-electron chi connectivity index (χ2n) is 9.94. The number of rotatable bonds is 12. The Balaban J connectivity index is 1.48. The number of unbranched alkanes of at least 4 members (excludes halogenated alkanes) is 4. The maximum Gasteiger partial charge on any atom is 0.573 e. The Labute approximate surface area is 237 Å². The van der Waals surface area contributed by atoms with Crippen LogP contribution in [0.4, 0.5) is 35.1 Å². The molecule has 10 heteroatoms. The maximum absolute atomic E-state index is 15.3. The van der Waals surface area contributed by atoms with Gasteiger partial charge >= 0.3 is 6.36 Å². The first-order valence-electron chi connectivity index (χ1n) is 13.5. The summed E-state index contributed by atoms with van der Waals surface area (Å²) in [5.74, 6) is -6.82. The van der Waals surface area contributed by atoms with E-state index in [0.29, 0.717) is 24.1 Å². The summed E-state index contributed by atoms with van der Waals surface area (Å²) in [4.78, 5) is 0. The van der Waals surface area contributed by atoms with Gasteiger partial charge in [-0.2, -0.15) is 0 Å². The highest BCUT2D eigenvalue weighted by atomic mass is 19.4. The van der Waals surface area contributed by atoms with E-state index in [1.165, 1.54) is 24.3 Å². The van der Waals surface area contributed by atoms with Crippen LogP contribution in [0, 0.1) is 29.1 Å². The van der Waals surface area contributed by atoms with Gasteiger partial charge in [-0.1, -0.05) is 56.9 Å². The quantitative estimate of drug-likeness (QED) is 0.120. The molecular formula is C32H28F8O2. The molecule has 42 heavy (non-hydrogen) atoms. The van der Waals surface area contributed by atoms with Crippen LogP contribution in [0.15, 0.2) is 54.6 Å². The van der Waals surface area contributed by atoms with E-state index in [-0.39, 0.29) is 46.2 Å². The van der Waals surface area contributed by atoms with Gasteiger partial charge in [0.25, 0.3) is 0 Å². The Morgan fingerprint density at radius 3 is 2.00 bits per heavy atom. The summed E-state index contributed by atoms with van der Waals surface area (Å²) in [6, 6.07) is 10.8. The van der Waals surface area contributed by atoms with Crippen molar-refractivity contribution >= 4 is 10.8 Å². The summed E-state index contributed by atoms with van der Waals surface area (Å²) < 4.78 is 119. The van der Waals surface area contributed by atoms with Crippen LogP contribution in [0.25, 0.3) is 21.9 Å². The summed E-state index contributed by atoms with van der Waals surface area (Å²) in [6.45, 7) is 2.46. The zero-order valence-corrected chi connectivity index (χ0v) is 22.7. The third-order valence-electron chi connectivity index (χ3n) is 6.81. The van der Waals surface area contributed by atoms with E-state index in [4.69, 9.17) is 4.74 Å². The molecule has 0 radical (unpaired) electrons. The number of alkyl halides is 3. The fraction of sp³-hybridized carbons (Fsp3) is 0.312. The van der Waals surface area contributed by atoms with Gasteiger partial charge in [-0.15, -0.1) is 13.2 Å². The number of ether oxygens (including phenoxy) is 2. The van der Waals surface area contributed by atoms with Crippen molar-refractivity contribution in [1.29, 1.82) is 0 Å². The van der Waals surface area contributed by atoms with E-state index in [0.717, 1.165) is 44.2 Å². The van der Waals surface area contributed by atoms with Crippen molar-refractivity contribution in [3.05, 3.63) is 94.8 Å². The summed E-state index contributed by atoms with van der Waals surface area (Å²) in [6.07, 6.45) is -0.314. The number of halogens is 8. The largest absolute Gasteiger partial charge is 0.573 e. The van der Waals surface area contributed by atoms with Crippen molar-refractivity contribution in [3.63, 3.8) is 0 Å². The lowest BCUT2D eigenvalue weighted by atomic mass is 9.96. The Morgan fingerprint density at radius 2 is 1.36 bits per heavy atom. The van der Waals surface area contributed by atoms with Crippen LogP contribution in [-0.2, 0) is 12.8 Å². The Morgan fingerprint density at radius 1 is 0.690 bits per heavy atom. The summed E-state index contributed by atoms with van der Waals surface area (Å²) in [7, 11) is 0. The number of aryl methyl sites for hydroxylation is 2. The minimum Gasteiger partial charge on any atom is -0.493 e. The molecule has 0 aromatic heterocycles. The normalized spacial score (nSPS) is 11.7. The monoisotopic (exact) mass is 596 g/mol. The van der Waals surface area contributed by atoms with Crippen LogP contribution in [-0.4, -0.2) is 13.0 Å². The molecule has 0 aliphatic heterocycles. The second-order valence-corrected chi connectivity index (χ2v) is 9.94. The molecule has 0 fully saturated rings. The number of hydrogen-bond donors (Lipinski definition) is 0. The lowest BCUT2D eigenvalue weighted by Gasteiger charge is -2.13. The second kappa shape index (κ2) is 13.4. The van der Waals surface area contributed by atoms with Crippen LogP contribution < -0.4 is 9.47 Å². The molecule has 4 aromatic rings. The van der Waals surface area contributed by atoms with Gasteiger partial charge in [0.2, 0.25) is 5.75 Å². The standard InChI is InChI=1S/C32H28F8O2/c1-2-3-4-5-6-13-41-23-17-25(33)29(26(34)18-23)22-11-12-24-21(16-22)10-9-20(30(24)37)8-7-19-14-27(35)31(28(36)15-19)42-32(38,39)40/h9-12,14-18H,2-8,13H2,1H3. The molecular weight excluding hydrogens is 568 g/mol. The third kappa shape index (κ3) is 7.72. The molecule has 0 amide bonds. The van der Waals surface area contributed by atoms with Gasteiger partial charge in [-0.3, -0.25) is 0 Å². The highest BCUT2D eigenvalue weighted by Gasteiger charge is 2.34. The molecule has 0 unspecified atom stereocenters. The molecule has 0 aliphatic carbocycles. The predicted molar refractivity (Wildman–Crippen MR) is 144 cm³/mol. The molecule has 2 nitrogen and oxygen atoms in total. The van der Waals surface area contributed by atoms with E-state index in [1.54, 1.807) is 6.07 Å². The Kier molecular flexibility index (Phi) is 9.96. The summed E-state index contributed by atoms with van der Waals surface area (Å²) in [5, 5.41) is 0.525. The topological polar surface area (TPSA) is 18.5 Å². The highest BCUT2D eigenvalue weighted by Crippen LogP contribution is 2.34. The van der Waals surface area contributed by atoms with E-state index < -0.39 is 41.2 Å². The summed E-state index contributed by atoms with van der Waals surface area (Å²) >= 11 is 0. The fourth-order valence-corrected chi connectivity index (χ4v) is 4.74. The maximum atomic E-state index is 15.3. The van der Waals surface area contributed by atoms with Crippen LogP contribution >= 0.6 is 0 Å². The van der Waals surface area contributed by atoms with E-state index in [2.05, 4.69) is 11.7 Å². The van der Waals surface area contributed by atoms with Crippen molar-refractivity contribution in [2.45, 2.75) is 58.2 Å². The molecule has 0 saturated heterocycles. The molecule has 0 spiro atoms. The van der Waals surface area contributed by atoms with E-state index in [9.17, 15) is 30.7 Å². The van der Waals surface area contributed by atoms with Crippen molar-refractivity contribution in [3.8, 4) is 22.6 Å². The van der Waals surface area contributed by atoms with Gasteiger partial charge in [0.1, 0.15) is 23.2 Å². The number of benzene rings is 4. The molecule has 0 aliphatic rings. The van der Waals surface area contributed by atoms with Gasteiger partial charge in [-0.05, 0) is 59.5 Å². The average molecular weight is 597 g/mol.